The zero-order valence-corrected chi connectivity index (χ0v) is 11.2. The molecule has 1 N–H and O–H groups in total. The summed E-state index contributed by atoms with van der Waals surface area (Å²) in [5.74, 6) is 1.09. The summed E-state index contributed by atoms with van der Waals surface area (Å²) in [4.78, 5) is 10.7. The van der Waals surface area contributed by atoms with Crippen molar-refractivity contribution in [3.8, 4) is 0 Å². The topological polar surface area (TPSA) is 31.9 Å². The number of fused-ring (bicyclic) bond motifs is 1. The quantitative estimate of drug-likeness (QED) is 0.877. The first-order chi connectivity index (χ1) is 8.74. The van der Waals surface area contributed by atoms with E-state index in [2.05, 4.69) is 46.9 Å². The number of aromatic nitrogens is 2. The number of H-pyrrole nitrogens is 1. The zero-order chi connectivity index (χ0) is 12.5. The third-order valence-electron chi connectivity index (χ3n) is 4.15. The van der Waals surface area contributed by atoms with Crippen molar-refractivity contribution in [1.82, 2.24) is 14.9 Å². The van der Waals surface area contributed by atoms with Gasteiger partial charge in [-0.1, -0.05) is 18.6 Å². The van der Waals surface area contributed by atoms with Crippen molar-refractivity contribution in [3.63, 3.8) is 0 Å². The van der Waals surface area contributed by atoms with E-state index in [-0.39, 0.29) is 0 Å². The number of piperidine rings is 1. The van der Waals surface area contributed by atoms with Crippen molar-refractivity contribution in [2.45, 2.75) is 51.7 Å². The number of imidazole rings is 1. The van der Waals surface area contributed by atoms with Gasteiger partial charge in [0.1, 0.15) is 5.82 Å². The van der Waals surface area contributed by atoms with Crippen molar-refractivity contribution < 1.29 is 0 Å². The van der Waals surface area contributed by atoms with Crippen molar-refractivity contribution in [1.29, 1.82) is 0 Å². The third kappa shape index (κ3) is 2.15. The maximum atomic E-state index is 4.68. The summed E-state index contributed by atoms with van der Waals surface area (Å²) in [6.45, 7) is 5.60. The number of aromatic amines is 1. The standard InChI is InChI=1S/C15H21N3/c1-11-6-5-7-12(2)18(11)10-15-16-13-8-3-4-9-14(13)17-15/h3-4,8-9,11-12H,5-7,10H2,1-2H3,(H,16,17). The van der Waals surface area contributed by atoms with Gasteiger partial charge in [0, 0.05) is 12.1 Å². The molecule has 2 unspecified atom stereocenters. The van der Waals surface area contributed by atoms with E-state index in [0.29, 0.717) is 12.1 Å². The fourth-order valence-corrected chi connectivity index (χ4v) is 3.04. The van der Waals surface area contributed by atoms with Gasteiger partial charge in [0.15, 0.2) is 0 Å². The highest BCUT2D eigenvalue weighted by molar-refractivity contribution is 5.74. The molecule has 3 nitrogen and oxygen atoms in total. The molecule has 1 aromatic carbocycles. The van der Waals surface area contributed by atoms with Gasteiger partial charge in [0.2, 0.25) is 0 Å². The van der Waals surface area contributed by atoms with Crippen molar-refractivity contribution in [2.75, 3.05) is 0 Å². The fraction of sp³-hybridized carbons (Fsp3) is 0.533. The van der Waals surface area contributed by atoms with E-state index in [1.807, 2.05) is 6.07 Å². The Hall–Kier alpha value is -1.35. The number of hydrogen-bond acceptors (Lipinski definition) is 2. The molecule has 0 aliphatic carbocycles. The van der Waals surface area contributed by atoms with Gasteiger partial charge < -0.3 is 4.98 Å². The van der Waals surface area contributed by atoms with Crippen LogP contribution in [0.5, 0.6) is 0 Å². The molecule has 96 valence electrons. The molecule has 0 saturated carbocycles. The summed E-state index contributed by atoms with van der Waals surface area (Å²) in [7, 11) is 0. The number of likely N-dealkylation sites (tertiary alicyclic amines) is 1. The Morgan fingerprint density at radius 1 is 1.22 bits per heavy atom. The molecule has 0 amide bonds. The molecule has 1 fully saturated rings. The number of nitrogens with one attached hydrogen (secondary N) is 1. The second kappa shape index (κ2) is 4.73. The SMILES string of the molecule is CC1CCCC(C)N1Cc1nc2ccccc2[nH]1. The van der Waals surface area contributed by atoms with Gasteiger partial charge in [0.25, 0.3) is 0 Å². The smallest absolute Gasteiger partial charge is 0.121 e. The van der Waals surface area contributed by atoms with Crippen LogP contribution in [0.2, 0.25) is 0 Å². The van der Waals surface area contributed by atoms with E-state index in [9.17, 15) is 0 Å². The highest BCUT2D eigenvalue weighted by Gasteiger charge is 2.25. The van der Waals surface area contributed by atoms with Gasteiger partial charge in [-0.3, -0.25) is 4.90 Å². The molecule has 1 saturated heterocycles. The molecule has 2 atom stereocenters. The van der Waals surface area contributed by atoms with Gasteiger partial charge in [0.05, 0.1) is 17.6 Å². The van der Waals surface area contributed by atoms with Crippen LogP contribution in [-0.2, 0) is 6.54 Å². The summed E-state index contributed by atoms with van der Waals surface area (Å²) < 4.78 is 0. The van der Waals surface area contributed by atoms with Crippen LogP contribution in [0.4, 0.5) is 0 Å². The Balaban J connectivity index is 1.82. The molecular formula is C15H21N3. The lowest BCUT2D eigenvalue weighted by atomic mass is 9.98. The molecule has 1 aliphatic rings. The molecule has 1 aromatic heterocycles. The Morgan fingerprint density at radius 3 is 2.67 bits per heavy atom. The number of nitrogens with zero attached hydrogens (tertiary/aromatic N) is 2. The lowest BCUT2D eigenvalue weighted by molar-refractivity contribution is 0.0926. The van der Waals surface area contributed by atoms with Crippen LogP contribution >= 0.6 is 0 Å². The molecule has 3 heteroatoms. The van der Waals surface area contributed by atoms with E-state index in [1.54, 1.807) is 0 Å². The van der Waals surface area contributed by atoms with Crippen LogP contribution in [0, 0.1) is 0 Å². The number of rotatable bonds is 2. The number of para-hydroxylation sites is 2. The second-order valence-electron chi connectivity index (χ2n) is 5.50. The van der Waals surface area contributed by atoms with Gasteiger partial charge in [-0.05, 0) is 38.8 Å². The highest BCUT2D eigenvalue weighted by atomic mass is 15.2. The van der Waals surface area contributed by atoms with Gasteiger partial charge >= 0.3 is 0 Å². The van der Waals surface area contributed by atoms with Gasteiger partial charge in [-0.15, -0.1) is 0 Å². The second-order valence-corrected chi connectivity index (χ2v) is 5.50. The van der Waals surface area contributed by atoms with Gasteiger partial charge in [-0.25, -0.2) is 4.98 Å². The minimum atomic E-state index is 0.668. The van der Waals surface area contributed by atoms with E-state index in [1.165, 1.54) is 19.3 Å². The molecule has 2 heterocycles. The molecule has 18 heavy (non-hydrogen) atoms. The summed E-state index contributed by atoms with van der Waals surface area (Å²) in [5.41, 5.74) is 2.22. The Morgan fingerprint density at radius 2 is 1.94 bits per heavy atom. The first-order valence-electron chi connectivity index (χ1n) is 6.93. The van der Waals surface area contributed by atoms with Crippen LogP contribution in [0.25, 0.3) is 11.0 Å². The van der Waals surface area contributed by atoms with E-state index in [4.69, 9.17) is 0 Å². The van der Waals surface area contributed by atoms with Crippen LogP contribution in [0.1, 0.15) is 38.9 Å². The maximum Gasteiger partial charge on any atom is 0.121 e. The molecule has 3 rings (SSSR count). The van der Waals surface area contributed by atoms with E-state index >= 15 is 0 Å². The van der Waals surface area contributed by atoms with Crippen LogP contribution in [-0.4, -0.2) is 27.0 Å². The molecular weight excluding hydrogens is 222 g/mol. The minimum Gasteiger partial charge on any atom is -0.341 e. The molecule has 0 bridgehead atoms. The van der Waals surface area contributed by atoms with Crippen LogP contribution < -0.4 is 0 Å². The average Bonchev–Trinajstić information content (AvgIpc) is 2.76. The summed E-state index contributed by atoms with van der Waals surface area (Å²) in [6, 6.07) is 9.59. The minimum absolute atomic E-state index is 0.668. The predicted molar refractivity (Wildman–Crippen MR) is 74.4 cm³/mol. The summed E-state index contributed by atoms with van der Waals surface area (Å²) in [6.07, 6.45) is 3.98. The Kier molecular flexibility index (Phi) is 3.08. The lowest BCUT2D eigenvalue weighted by Gasteiger charge is -2.38. The van der Waals surface area contributed by atoms with Crippen molar-refractivity contribution >= 4 is 11.0 Å². The average molecular weight is 243 g/mol. The number of benzene rings is 1. The van der Waals surface area contributed by atoms with Crippen molar-refractivity contribution in [3.05, 3.63) is 30.1 Å². The predicted octanol–water partition coefficient (Wildman–Crippen LogP) is 3.33. The maximum absolute atomic E-state index is 4.68. The highest BCUT2D eigenvalue weighted by Crippen LogP contribution is 2.24. The normalized spacial score (nSPS) is 25.7. The largest absolute Gasteiger partial charge is 0.341 e. The van der Waals surface area contributed by atoms with Crippen LogP contribution in [0.15, 0.2) is 24.3 Å². The molecule has 1 aliphatic heterocycles. The monoisotopic (exact) mass is 243 g/mol. The van der Waals surface area contributed by atoms with E-state index in [0.717, 1.165) is 23.4 Å². The number of hydrogen-bond donors (Lipinski definition) is 1. The molecule has 0 spiro atoms. The fourth-order valence-electron chi connectivity index (χ4n) is 3.04. The van der Waals surface area contributed by atoms with Gasteiger partial charge in [-0.2, -0.15) is 0 Å². The first kappa shape index (κ1) is 11.7. The zero-order valence-electron chi connectivity index (χ0n) is 11.2. The first-order valence-corrected chi connectivity index (χ1v) is 6.93. The van der Waals surface area contributed by atoms with E-state index < -0.39 is 0 Å². The Labute approximate surface area is 108 Å². The summed E-state index contributed by atoms with van der Waals surface area (Å²) in [5, 5.41) is 0. The van der Waals surface area contributed by atoms with Crippen molar-refractivity contribution in [2.24, 2.45) is 0 Å². The third-order valence-corrected chi connectivity index (χ3v) is 4.15. The molecule has 2 aromatic rings. The molecule has 0 radical (unpaired) electrons. The van der Waals surface area contributed by atoms with Crippen LogP contribution in [0.3, 0.4) is 0 Å². The summed E-state index contributed by atoms with van der Waals surface area (Å²) >= 11 is 0. The lowest BCUT2D eigenvalue weighted by Crippen LogP contribution is -2.43. The Bertz CT molecular complexity index is 488.